The normalized spacial score (nSPS) is 11.9. The predicted molar refractivity (Wildman–Crippen MR) is 67.5 cm³/mol. The topological polar surface area (TPSA) is 103 Å². The van der Waals surface area contributed by atoms with Gasteiger partial charge in [-0.05, 0) is 24.9 Å². The third kappa shape index (κ3) is 4.70. The number of nitrogens with zero attached hydrogens (tertiary/aromatic N) is 3. The number of primary amides is 1. The molecule has 18 heavy (non-hydrogen) atoms. The first kappa shape index (κ1) is 14.4. The van der Waals surface area contributed by atoms with Crippen LogP contribution in [0.1, 0.15) is 26.7 Å². The van der Waals surface area contributed by atoms with Gasteiger partial charge in [-0.2, -0.15) is 15.0 Å². The van der Waals surface area contributed by atoms with Crippen molar-refractivity contribution in [1.82, 2.24) is 15.0 Å². The highest BCUT2D eigenvalue weighted by Crippen LogP contribution is 2.12. The molecule has 0 unspecified atom stereocenters. The Labute approximate surface area is 110 Å². The Morgan fingerprint density at radius 3 is 2.83 bits per heavy atom. The van der Waals surface area contributed by atoms with E-state index in [2.05, 4.69) is 20.3 Å². The van der Waals surface area contributed by atoms with E-state index in [1.54, 1.807) is 6.92 Å². The van der Waals surface area contributed by atoms with Crippen LogP contribution in [0, 0.1) is 0 Å². The number of anilines is 1. The van der Waals surface area contributed by atoms with E-state index in [0.717, 1.165) is 12.8 Å². The van der Waals surface area contributed by atoms with Crippen LogP contribution in [0.5, 0.6) is 6.01 Å². The van der Waals surface area contributed by atoms with Gasteiger partial charge in [-0.15, -0.1) is 0 Å². The van der Waals surface area contributed by atoms with Crippen LogP contribution in [0.3, 0.4) is 0 Å². The van der Waals surface area contributed by atoms with E-state index in [9.17, 15) is 4.79 Å². The number of hydrogen-bond donors (Lipinski definition) is 2. The average Bonchev–Trinajstić information content (AvgIpc) is 2.28. The Morgan fingerprint density at radius 1 is 1.50 bits per heavy atom. The van der Waals surface area contributed by atoms with Crippen LogP contribution in [0.25, 0.3) is 0 Å². The maximum atomic E-state index is 10.9. The molecule has 7 nitrogen and oxygen atoms in total. The van der Waals surface area contributed by atoms with Crippen molar-refractivity contribution in [3.05, 3.63) is 5.28 Å². The van der Waals surface area contributed by atoms with Crippen molar-refractivity contribution < 1.29 is 9.53 Å². The molecule has 8 heteroatoms. The second-order valence-electron chi connectivity index (χ2n) is 3.68. The van der Waals surface area contributed by atoms with Crippen molar-refractivity contribution in [1.29, 1.82) is 0 Å². The van der Waals surface area contributed by atoms with Crippen LogP contribution < -0.4 is 15.8 Å². The lowest BCUT2D eigenvalue weighted by Crippen LogP contribution is -2.33. The molecular formula is C10H16ClN5O2. The first-order chi connectivity index (χ1) is 8.52. The maximum absolute atomic E-state index is 10.9. The Hall–Kier alpha value is -1.63. The van der Waals surface area contributed by atoms with Gasteiger partial charge < -0.3 is 15.8 Å². The molecule has 0 saturated carbocycles. The number of carbonyl (C=O) groups is 1. The minimum absolute atomic E-state index is 0.00401. The molecule has 0 aliphatic heterocycles. The zero-order valence-corrected chi connectivity index (χ0v) is 11.1. The van der Waals surface area contributed by atoms with Crippen LogP contribution in [0.4, 0.5) is 5.95 Å². The largest absolute Gasteiger partial charge is 0.463 e. The highest BCUT2D eigenvalue weighted by molar-refractivity contribution is 6.28. The summed E-state index contributed by atoms with van der Waals surface area (Å²) in [4.78, 5) is 22.5. The van der Waals surface area contributed by atoms with E-state index < -0.39 is 11.9 Å². The monoisotopic (exact) mass is 273 g/mol. The van der Waals surface area contributed by atoms with Gasteiger partial charge in [0.05, 0.1) is 6.61 Å². The van der Waals surface area contributed by atoms with Gasteiger partial charge in [-0.1, -0.05) is 13.3 Å². The molecule has 1 amide bonds. The SMILES string of the molecule is CCCCOc1nc(Cl)nc(N[C@@H](C)C(N)=O)n1. The molecule has 1 atom stereocenters. The van der Waals surface area contributed by atoms with E-state index in [1.165, 1.54) is 0 Å². The number of unbranched alkanes of at least 4 members (excludes halogenated alkanes) is 1. The van der Waals surface area contributed by atoms with Crippen LogP contribution in [-0.2, 0) is 4.79 Å². The van der Waals surface area contributed by atoms with Gasteiger partial charge in [0.25, 0.3) is 0 Å². The fourth-order valence-electron chi connectivity index (χ4n) is 1.03. The second-order valence-corrected chi connectivity index (χ2v) is 4.02. The second kappa shape index (κ2) is 6.95. The molecule has 0 aromatic carbocycles. The summed E-state index contributed by atoms with van der Waals surface area (Å²) in [6.45, 7) is 4.14. The highest BCUT2D eigenvalue weighted by Gasteiger charge is 2.12. The molecule has 0 bridgehead atoms. The minimum Gasteiger partial charge on any atom is -0.463 e. The highest BCUT2D eigenvalue weighted by atomic mass is 35.5. The molecule has 0 saturated heterocycles. The summed E-state index contributed by atoms with van der Waals surface area (Å²) in [6, 6.07) is -0.477. The summed E-state index contributed by atoms with van der Waals surface area (Å²) in [5.41, 5.74) is 5.12. The van der Waals surface area contributed by atoms with E-state index in [-0.39, 0.29) is 17.2 Å². The molecule has 0 aliphatic rings. The molecule has 0 spiro atoms. The number of hydrogen-bond acceptors (Lipinski definition) is 6. The third-order valence-electron chi connectivity index (χ3n) is 2.09. The van der Waals surface area contributed by atoms with E-state index in [0.29, 0.717) is 6.61 Å². The molecule has 1 rings (SSSR count). The summed E-state index contributed by atoms with van der Waals surface area (Å²) in [6.07, 6.45) is 1.90. The van der Waals surface area contributed by atoms with E-state index >= 15 is 0 Å². The predicted octanol–water partition coefficient (Wildman–Crippen LogP) is 0.990. The molecule has 3 N–H and O–H groups in total. The minimum atomic E-state index is -0.605. The van der Waals surface area contributed by atoms with Gasteiger partial charge in [0.2, 0.25) is 17.1 Å². The number of rotatable bonds is 7. The van der Waals surface area contributed by atoms with Gasteiger partial charge >= 0.3 is 6.01 Å². The van der Waals surface area contributed by atoms with Crippen LogP contribution in [0.15, 0.2) is 0 Å². The Bertz CT molecular complexity index is 415. The van der Waals surface area contributed by atoms with Gasteiger partial charge in [0.1, 0.15) is 6.04 Å². The number of nitrogens with one attached hydrogen (secondary N) is 1. The number of ether oxygens (including phenoxy) is 1. The Balaban J connectivity index is 2.71. The lowest BCUT2D eigenvalue weighted by atomic mass is 10.3. The molecule has 0 aliphatic carbocycles. The van der Waals surface area contributed by atoms with Crippen molar-refractivity contribution in [3.8, 4) is 6.01 Å². The maximum Gasteiger partial charge on any atom is 0.322 e. The standard InChI is InChI=1S/C10H16ClN5O2/c1-3-4-5-18-10-15-8(11)14-9(16-10)13-6(2)7(12)17/h6H,3-5H2,1-2H3,(H2,12,17)(H,13,14,15,16)/t6-/m0/s1. The molecule has 1 heterocycles. The van der Waals surface area contributed by atoms with Crippen molar-refractivity contribution in [3.63, 3.8) is 0 Å². The molecular weight excluding hydrogens is 258 g/mol. The first-order valence-corrected chi connectivity index (χ1v) is 6.01. The number of nitrogens with two attached hydrogens (primary N) is 1. The van der Waals surface area contributed by atoms with Gasteiger partial charge in [-0.3, -0.25) is 4.79 Å². The molecule has 0 radical (unpaired) electrons. The molecule has 0 fully saturated rings. The Morgan fingerprint density at radius 2 is 2.22 bits per heavy atom. The zero-order chi connectivity index (χ0) is 13.5. The average molecular weight is 274 g/mol. The molecule has 1 aromatic heterocycles. The molecule has 100 valence electrons. The summed E-state index contributed by atoms with van der Waals surface area (Å²) in [5.74, 6) is -0.354. The first-order valence-electron chi connectivity index (χ1n) is 5.63. The summed E-state index contributed by atoms with van der Waals surface area (Å²) >= 11 is 5.73. The van der Waals surface area contributed by atoms with Crippen LogP contribution >= 0.6 is 11.6 Å². The van der Waals surface area contributed by atoms with Crippen molar-refractivity contribution in [2.24, 2.45) is 5.73 Å². The number of aromatic nitrogens is 3. The van der Waals surface area contributed by atoms with Crippen molar-refractivity contribution >= 4 is 23.5 Å². The number of amides is 1. The third-order valence-corrected chi connectivity index (χ3v) is 2.26. The summed E-state index contributed by atoms with van der Waals surface area (Å²) in [5, 5.41) is 2.71. The van der Waals surface area contributed by atoms with Crippen LogP contribution in [-0.4, -0.2) is 33.5 Å². The number of halogens is 1. The van der Waals surface area contributed by atoms with Gasteiger partial charge in [-0.25, -0.2) is 0 Å². The quantitative estimate of drug-likeness (QED) is 0.718. The fraction of sp³-hybridized carbons (Fsp3) is 0.600. The fourth-order valence-corrected chi connectivity index (χ4v) is 1.19. The Kier molecular flexibility index (Phi) is 5.57. The van der Waals surface area contributed by atoms with Crippen molar-refractivity contribution in [2.75, 3.05) is 11.9 Å². The van der Waals surface area contributed by atoms with Crippen molar-refractivity contribution in [2.45, 2.75) is 32.7 Å². The lowest BCUT2D eigenvalue weighted by Gasteiger charge is -2.10. The van der Waals surface area contributed by atoms with Gasteiger partial charge in [0.15, 0.2) is 0 Å². The summed E-state index contributed by atoms with van der Waals surface area (Å²) in [7, 11) is 0. The van der Waals surface area contributed by atoms with E-state index in [1.807, 2.05) is 6.92 Å². The number of carbonyl (C=O) groups excluding carboxylic acids is 1. The van der Waals surface area contributed by atoms with Gasteiger partial charge in [0, 0.05) is 0 Å². The smallest absolute Gasteiger partial charge is 0.322 e. The lowest BCUT2D eigenvalue weighted by molar-refractivity contribution is -0.118. The molecule has 1 aromatic rings. The zero-order valence-electron chi connectivity index (χ0n) is 10.3. The van der Waals surface area contributed by atoms with E-state index in [4.69, 9.17) is 22.1 Å². The van der Waals surface area contributed by atoms with Crippen LogP contribution in [0.2, 0.25) is 5.28 Å². The summed E-state index contributed by atoms with van der Waals surface area (Å²) < 4.78 is 5.31.